The monoisotopic (exact) mass is 345 g/mol. The van der Waals surface area contributed by atoms with Gasteiger partial charge in [0, 0.05) is 42.8 Å². The summed E-state index contributed by atoms with van der Waals surface area (Å²) in [5, 5.41) is 3.52. The number of fused-ring (bicyclic) bond motifs is 1. The number of nitrogens with zero attached hydrogens (tertiary/aromatic N) is 2. The molecule has 1 aliphatic carbocycles. The van der Waals surface area contributed by atoms with Crippen LogP contribution in [0.4, 0.5) is 11.4 Å². The zero-order chi connectivity index (χ0) is 18.3. The van der Waals surface area contributed by atoms with Crippen LogP contribution in [0.25, 0.3) is 11.3 Å². The number of hydrogen-bond acceptors (Lipinski definition) is 3. The number of rotatable bonds is 3. The first kappa shape index (κ1) is 16.6. The van der Waals surface area contributed by atoms with Crippen molar-refractivity contribution >= 4 is 17.2 Å². The Labute approximate surface area is 153 Å². The van der Waals surface area contributed by atoms with Crippen LogP contribution in [0.15, 0.2) is 54.9 Å². The van der Waals surface area contributed by atoms with Gasteiger partial charge >= 0.3 is 0 Å². The van der Waals surface area contributed by atoms with Gasteiger partial charge in [0.25, 0.3) is 0 Å². The molecule has 0 saturated heterocycles. The molecule has 1 N–H and O–H groups in total. The number of carbonyl (C=O) groups excluding carboxylic acids is 1. The van der Waals surface area contributed by atoms with Gasteiger partial charge in [-0.1, -0.05) is 32.0 Å². The molecule has 0 atom stereocenters. The van der Waals surface area contributed by atoms with Gasteiger partial charge < -0.3 is 9.88 Å². The Morgan fingerprint density at radius 2 is 1.73 bits per heavy atom. The number of benzene rings is 1. The first-order valence-electron chi connectivity index (χ1n) is 8.93. The second kappa shape index (κ2) is 6.13. The smallest absolute Gasteiger partial charge is 0.167 e. The number of aromatic nitrogens is 2. The average molecular weight is 345 g/mol. The molecule has 0 bridgehead atoms. The van der Waals surface area contributed by atoms with Crippen LogP contribution in [0.3, 0.4) is 0 Å². The molecule has 0 unspecified atom stereocenters. The summed E-state index contributed by atoms with van der Waals surface area (Å²) in [6.45, 7) is 4.33. The molecule has 0 radical (unpaired) electrons. The van der Waals surface area contributed by atoms with Crippen molar-refractivity contribution in [3.8, 4) is 11.3 Å². The first-order valence-corrected chi connectivity index (χ1v) is 8.93. The van der Waals surface area contributed by atoms with Crippen molar-refractivity contribution in [2.75, 3.05) is 5.32 Å². The molecule has 2 aromatic heterocycles. The summed E-state index contributed by atoms with van der Waals surface area (Å²) in [5.74, 6) is 0.214. The predicted octanol–water partition coefficient (Wildman–Crippen LogP) is 4.99. The van der Waals surface area contributed by atoms with Gasteiger partial charge in [0.05, 0.1) is 16.9 Å². The number of Topliss-reactive ketones (excluding diaryl/α,β-unsaturated/α-hetero) is 1. The van der Waals surface area contributed by atoms with Gasteiger partial charge in [0.15, 0.2) is 5.78 Å². The minimum atomic E-state index is -0.0181. The Morgan fingerprint density at radius 1 is 1.04 bits per heavy atom. The van der Waals surface area contributed by atoms with E-state index in [0.717, 1.165) is 40.3 Å². The van der Waals surface area contributed by atoms with Crippen molar-refractivity contribution in [2.45, 2.75) is 26.7 Å². The van der Waals surface area contributed by atoms with E-state index in [9.17, 15) is 4.79 Å². The largest absolute Gasteiger partial charge is 0.353 e. The van der Waals surface area contributed by atoms with Crippen molar-refractivity contribution in [2.24, 2.45) is 12.5 Å². The van der Waals surface area contributed by atoms with Crippen molar-refractivity contribution < 1.29 is 4.79 Å². The van der Waals surface area contributed by atoms with Crippen LogP contribution in [0.5, 0.6) is 0 Å². The lowest BCUT2D eigenvalue weighted by atomic mass is 9.76. The molecule has 4 rings (SSSR count). The van der Waals surface area contributed by atoms with Gasteiger partial charge in [-0.25, -0.2) is 0 Å². The molecule has 4 heteroatoms. The molecule has 0 fully saturated rings. The molecule has 0 aliphatic heterocycles. The summed E-state index contributed by atoms with van der Waals surface area (Å²) < 4.78 is 2.18. The van der Waals surface area contributed by atoms with E-state index in [1.807, 2.05) is 42.5 Å². The highest BCUT2D eigenvalue weighted by molar-refractivity contribution is 6.08. The Balaban J connectivity index is 1.95. The fourth-order valence-corrected chi connectivity index (χ4v) is 3.91. The highest BCUT2D eigenvalue weighted by atomic mass is 16.1. The normalized spacial score (nSPS) is 15.6. The number of anilines is 2. The molecule has 0 spiro atoms. The van der Waals surface area contributed by atoms with E-state index in [-0.39, 0.29) is 11.2 Å². The first-order chi connectivity index (χ1) is 12.5. The topological polar surface area (TPSA) is 46.9 Å². The van der Waals surface area contributed by atoms with E-state index < -0.39 is 0 Å². The van der Waals surface area contributed by atoms with E-state index >= 15 is 0 Å². The number of ketones is 1. The van der Waals surface area contributed by atoms with Crippen molar-refractivity contribution in [3.05, 3.63) is 66.1 Å². The van der Waals surface area contributed by atoms with Gasteiger partial charge in [0.2, 0.25) is 0 Å². The van der Waals surface area contributed by atoms with Crippen LogP contribution in [0.2, 0.25) is 0 Å². The number of hydrogen-bond donors (Lipinski definition) is 1. The fourth-order valence-electron chi connectivity index (χ4n) is 3.91. The second-order valence-corrected chi connectivity index (χ2v) is 7.77. The predicted molar refractivity (Wildman–Crippen MR) is 105 cm³/mol. The van der Waals surface area contributed by atoms with Gasteiger partial charge in [0.1, 0.15) is 0 Å². The van der Waals surface area contributed by atoms with Crippen LogP contribution in [0, 0.1) is 5.41 Å². The van der Waals surface area contributed by atoms with Crippen molar-refractivity contribution in [3.63, 3.8) is 0 Å². The minimum Gasteiger partial charge on any atom is -0.353 e. The molecule has 2 heterocycles. The molecular formula is C22H23N3O. The van der Waals surface area contributed by atoms with E-state index in [0.29, 0.717) is 6.42 Å². The number of nitrogens with one attached hydrogen (secondary N) is 1. The van der Waals surface area contributed by atoms with E-state index in [2.05, 4.69) is 35.8 Å². The maximum absolute atomic E-state index is 13.0. The molecule has 1 aliphatic rings. The molecule has 26 heavy (non-hydrogen) atoms. The lowest BCUT2D eigenvalue weighted by molar-refractivity contribution is 0.0911. The number of para-hydroxylation sites is 1. The Bertz CT molecular complexity index is 956. The summed E-state index contributed by atoms with van der Waals surface area (Å²) in [5.41, 5.74) is 5.90. The summed E-state index contributed by atoms with van der Waals surface area (Å²) in [6.07, 6.45) is 5.04. The second-order valence-electron chi connectivity index (χ2n) is 7.77. The standard InChI is InChI=1S/C22H23N3O/c1-22(2)13-17-19(18(26)14-22)20(24-16-7-5-4-6-8-16)21(25(17)3)15-9-11-23-12-10-15/h4-12,24H,13-14H2,1-3H3. The van der Waals surface area contributed by atoms with Crippen LogP contribution < -0.4 is 5.32 Å². The number of carbonyl (C=O) groups is 1. The fraction of sp³-hybridized carbons (Fsp3) is 0.273. The lowest BCUT2D eigenvalue weighted by Crippen LogP contribution is -2.28. The SMILES string of the molecule is Cn1c2c(c(Nc3ccccc3)c1-c1ccncc1)C(=O)CC(C)(C)C2. The van der Waals surface area contributed by atoms with Crippen molar-refractivity contribution in [1.29, 1.82) is 0 Å². The molecule has 3 aromatic rings. The average Bonchev–Trinajstić information content (AvgIpc) is 2.87. The maximum atomic E-state index is 13.0. The van der Waals surface area contributed by atoms with E-state index in [1.165, 1.54) is 0 Å². The Morgan fingerprint density at radius 3 is 2.42 bits per heavy atom. The van der Waals surface area contributed by atoms with Crippen LogP contribution in [-0.4, -0.2) is 15.3 Å². The Kier molecular flexibility index (Phi) is 3.91. The third-order valence-electron chi connectivity index (χ3n) is 5.08. The van der Waals surface area contributed by atoms with Gasteiger partial charge in [-0.3, -0.25) is 9.78 Å². The molecule has 1 aromatic carbocycles. The third-order valence-corrected chi connectivity index (χ3v) is 5.08. The highest BCUT2D eigenvalue weighted by Crippen LogP contribution is 2.44. The van der Waals surface area contributed by atoms with E-state index in [4.69, 9.17) is 0 Å². The number of pyridine rings is 1. The third kappa shape index (κ3) is 2.81. The zero-order valence-electron chi connectivity index (χ0n) is 15.4. The maximum Gasteiger partial charge on any atom is 0.167 e. The Hall–Kier alpha value is -2.88. The van der Waals surface area contributed by atoms with Gasteiger partial charge in [-0.2, -0.15) is 0 Å². The molecule has 132 valence electrons. The summed E-state index contributed by atoms with van der Waals surface area (Å²) in [6, 6.07) is 14.0. The molecule has 0 amide bonds. The minimum absolute atomic E-state index is 0.0181. The highest BCUT2D eigenvalue weighted by Gasteiger charge is 2.37. The van der Waals surface area contributed by atoms with Gasteiger partial charge in [-0.15, -0.1) is 0 Å². The van der Waals surface area contributed by atoms with Crippen LogP contribution in [0.1, 0.15) is 36.3 Å². The molecule has 0 saturated carbocycles. The quantitative estimate of drug-likeness (QED) is 0.728. The van der Waals surface area contributed by atoms with E-state index in [1.54, 1.807) is 12.4 Å². The molecular weight excluding hydrogens is 322 g/mol. The summed E-state index contributed by atoms with van der Waals surface area (Å²) >= 11 is 0. The zero-order valence-corrected chi connectivity index (χ0v) is 15.4. The summed E-state index contributed by atoms with van der Waals surface area (Å²) in [4.78, 5) is 17.2. The summed E-state index contributed by atoms with van der Waals surface area (Å²) in [7, 11) is 2.06. The van der Waals surface area contributed by atoms with Crippen LogP contribution >= 0.6 is 0 Å². The molecule has 4 nitrogen and oxygen atoms in total. The van der Waals surface area contributed by atoms with Gasteiger partial charge in [-0.05, 0) is 36.1 Å². The van der Waals surface area contributed by atoms with Crippen molar-refractivity contribution in [1.82, 2.24) is 9.55 Å². The van der Waals surface area contributed by atoms with Crippen LogP contribution in [-0.2, 0) is 13.5 Å². The lowest BCUT2D eigenvalue weighted by Gasteiger charge is -2.29.